The van der Waals surface area contributed by atoms with Crippen LogP contribution in [0.25, 0.3) is 0 Å². The molecule has 5 rings (SSSR count). The molecule has 2 saturated heterocycles. The fraction of sp³-hybridized carbons (Fsp3) is 0.708. The van der Waals surface area contributed by atoms with E-state index in [0.29, 0.717) is 24.7 Å². The van der Waals surface area contributed by atoms with Crippen LogP contribution in [0, 0.1) is 5.92 Å². The minimum atomic E-state index is -2.46. The zero-order valence-corrected chi connectivity index (χ0v) is 19.5. The molecule has 0 amide bonds. The van der Waals surface area contributed by atoms with Gasteiger partial charge in [0.05, 0.1) is 0 Å². The van der Waals surface area contributed by atoms with Crippen molar-refractivity contribution in [1.82, 2.24) is 14.4 Å². The van der Waals surface area contributed by atoms with E-state index in [1.54, 1.807) is 0 Å². The molecule has 10 heteroatoms. The second-order valence-corrected chi connectivity index (χ2v) is 9.73. The summed E-state index contributed by atoms with van der Waals surface area (Å²) in [5.41, 5.74) is 2.29. The van der Waals surface area contributed by atoms with Crippen molar-refractivity contribution in [3.05, 3.63) is 33.7 Å². The molecule has 190 valence electrons. The molecule has 0 radical (unpaired) electrons. The Hall–Kier alpha value is -2.33. The van der Waals surface area contributed by atoms with Crippen molar-refractivity contribution in [2.45, 2.75) is 75.9 Å². The van der Waals surface area contributed by atoms with E-state index in [1.807, 2.05) is 10.6 Å². The molecule has 0 spiro atoms. The van der Waals surface area contributed by atoms with Gasteiger partial charge in [-0.05, 0) is 57.2 Å². The Bertz CT molecular complexity index is 872. The smallest absolute Gasteiger partial charge is 0.290 e. The normalized spacial score (nSPS) is 26.3. The summed E-state index contributed by atoms with van der Waals surface area (Å²) in [7, 11) is 0. The molecule has 0 unspecified atom stereocenters. The number of carbonyl (C=O) groups is 2. The number of hydrogen-bond acceptors (Lipinski definition) is 5. The first-order valence-electron chi connectivity index (χ1n) is 12.0. The van der Waals surface area contributed by atoms with E-state index in [-0.39, 0.29) is 37.4 Å². The minimum Gasteiger partial charge on any atom is -0.483 e. The SMILES string of the molecule is O=CO.O=CO.O=c1c(CN2CCCC2)ccc2n1C[C@H]1C[C@@H]2CN(C2CCC(F)(F)CC2)C1. The summed E-state index contributed by atoms with van der Waals surface area (Å²) in [6.07, 6.45) is 4.86. The standard InChI is InChI=1S/C22H31F2N3O.2CH2O2/c23-22(24)7-5-19(6-8-22)26-12-16-11-18(15-26)20-4-3-17(21(28)27(20)13-16)14-25-9-1-2-10-25;2*2-1-3/h3-4,16,18-19H,1-2,5-15H2;2*1H,(H,2,3)/t16-,18+;;/m0../s1. The number of pyridine rings is 1. The fourth-order valence-corrected chi connectivity index (χ4v) is 6.02. The topological polar surface area (TPSA) is 103 Å². The van der Waals surface area contributed by atoms with Gasteiger partial charge < -0.3 is 14.8 Å². The van der Waals surface area contributed by atoms with E-state index in [4.69, 9.17) is 19.8 Å². The van der Waals surface area contributed by atoms with Gasteiger partial charge in [0.15, 0.2) is 0 Å². The van der Waals surface area contributed by atoms with Gasteiger partial charge in [-0.25, -0.2) is 8.78 Å². The van der Waals surface area contributed by atoms with Crippen LogP contribution in [0.2, 0.25) is 0 Å². The summed E-state index contributed by atoms with van der Waals surface area (Å²) in [4.78, 5) is 34.7. The van der Waals surface area contributed by atoms with Crippen LogP contribution in [0.4, 0.5) is 8.78 Å². The number of piperidine rings is 1. The molecule has 4 heterocycles. The monoisotopic (exact) mass is 483 g/mol. The predicted molar refractivity (Wildman–Crippen MR) is 122 cm³/mol. The summed E-state index contributed by atoms with van der Waals surface area (Å²) in [6.45, 7) is 5.13. The number of rotatable bonds is 3. The molecule has 1 aliphatic carbocycles. The third kappa shape index (κ3) is 6.41. The number of fused-ring (bicyclic) bond motifs is 4. The molecule has 2 N–H and O–H groups in total. The lowest BCUT2D eigenvalue weighted by molar-refractivity contribution is -0.123. The molecule has 0 aromatic carbocycles. The molecular weight excluding hydrogens is 448 g/mol. The largest absolute Gasteiger partial charge is 0.483 e. The molecule has 2 bridgehead atoms. The first-order valence-corrected chi connectivity index (χ1v) is 12.0. The molecule has 3 aliphatic heterocycles. The van der Waals surface area contributed by atoms with Crippen molar-refractivity contribution < 1.29 is 28.6 Å². The van der Waals surface area contributed by atoms with Crippen LogP contribution in [0.3, 0.4) is 0 Å². The molecule has 1 aromatic rings. The Kier molecular flexibility index (Phi) is 9.18. The average Bonchev–Trinajstić information content (AvgIpc) is 3.30. The van der Waals surface area contributed by atoms with Crippen LogP contribution < -0.4 is 5.56 Å². The van der Waals surface area contributed by atoms with Crippen molar-refractivity contribution in [3.8, 4) is 0 Å². The molecule has 1 saturated carbocycles. The first kappa shape index (κ1) is 26.3. The van der Waals surface area contributed by atoms with Crippen molar-refractivity contribution in [2.24, 2.45) is 5.92 Å². The molecule has 34 heavy (non-hydrogen) atoms. The minimum absolute atomic E-state index is 0.0272. The van der Waals surface area contributed by atoms with Gasteiger partial charge in [0.25, 0.3) is 18.5 Å². The number of carboxylic acid groups (broad SMARTS) is 2. The second-order valence-electron chi connectivity index (χ2n) is 9.73. The number of nitrogens with zero attached hydrogens (tertiary/aromatic N) is 3. The van der Waals surface area contributed by atoms with Crippen molar-refractivity contribution in [3.63, 3.8) is 0 Å². The fourth-order valence-electron chi connectivity index (χ4n) is 6.02. The Labute approximate surface area is 198 Å². The van der Waals surface area contributed by atoms with Gasteiger partial charge >= 0.3 is 0 Å². The summed E-state index contributed by atoms with van der Waals surface area (Å²) in [6, 6.07) is 4.51. The Morgan fingerprint density at radius 3 is 2.24 bits per heavy atom. The lowest BCUT2D eigenvalue weighted by atomic mass is 9.80. The summed E-state index contributed by atoms with van der Waals surface area (Å²) >= 11 is 0. The number of halogens is 2. The first-order chi connectivity index (χ1) is 16.3. The third-order valence-corrected chi connectivity index (χ3v) is 7.51. The zero-order valence-electron chi connectivity index (χ0n) is 19.5. The summed E-state index contributed by atoms with van der Waals surface area (Å²) in [5.74, 6) is -1.63. The van der Waals surface area contributed by atoms with Gasteiger partial charge in [-0.2, -0.15) is 0 Å². The predicted octanol–water partition coefficient (Wildman–Crippen LogP) is 2.84. The Morgan fingerprint density at radius 1 is 1.00 bits per heavy atom. The second kappa shape index (κ2) is 11.9. The summed E-state index contributed by atoms with van der Waals surface area (Å²) in [5, 5.41) is 13.8. The maximum Gasteiger partial charge on any atom is 0.290 e. The van der Waals surface area contributed by atoms with Crippen LogP contribution in [0.15, 0.2) is 16.9 Å². The van der Waals surface area contributed by atoms with Crippen LogP contribution in [-0.2, 0) is 22.7 Å². The third-order valence-electron chi connectivity index (χ3n) is 7.51. The van der Waals surface area contributed by atoms with Crippen molar-refractivity contribution in [2.75, 3.05) is 26.2 Å². The molecule has 3 fully saturated rings. The van der Waals surface area contributed by atoms with Crippen molar-refractivity contribution in [1.29, 1.82) is 0 Å². The van der Waals surface area contributed by atoms with E-state index in [9.17, 15) is 13.6 Å². The number of alkyl halides is 2. The van der Waals surface area contributed by atoms with Crippen LogP contribution >= 0.6 is 0 Å². The summed E-state index contributed by atoms with van der Waals surface area (Å²) < 4.78 is 29.1. The number of aromatic nitrogens is 1. The van der Waals surface area contributed by atoms with E-state index >= 15 is 0 Å². The average molecular weight is 484 g/mol. The molecule has 8 nitrogen and oxygen atoms in total. The number of hydrogen-bond donors (Lipinski definition) is 2. The van der Waals surface area contributed by atoms with Gasteiger partial charge in [0, 0.05) is 62.2 Å². The van der Waals surface area contributed by atoms with Crippen LogP contribution in [0.1, 0.15) is 62.1 Å². The number of likely N-dealkylation sites (tertiary alicyclic amines) is 2. The lowest BCUT2D eigenvalue weighted by Crippen LogP contribution is -2.52. The van der Waals surface area contributed by atoms with Crippen molar-refractivity contribution >= 4 is 12.9 Å². The quantitative estimate of drug-likeness (QED) is 0.638. The van der Waals surface area contributed by atoms with E-state index in [0.717, 1.165) is 56.9 Å². The highest BCUT2D eigenvalue weighted by Gasteiger charge is 2.41. The highest BCUT2D eigenvalue weighted by molar-refractivity contribution is 5.33. The Morgan fingerprint density at radius 2 is 1.62 bits per heavy atom. The van der Waals surface area contributed by atoms with Gasteiger partial charge in [0.1, 0.15) is 0 Å². The van der Waals surface area contributed by atoms with E-state index < -0.39 is 5.92 Å². The zero-order chi connectivity index (χ0) is 24.7. The van der Waals surface area contributed by atoms with E-state index in [1.165, 1.54) is 12.8 Å². The van der Waals surface area contributed by atoms with E-state index in [2.05, 4.69) is 15.9 Å². The van der Waals surface area contributed by atoms with Crippen LogP contribution in [-0.4, -0.2) is 75.7 Å². The highest BCUT2D eigenvalue weighted by atomic mass is 19.3. The molecule has 2 atom stereocenters. The van der Waals surface area contributed by atoms with Gasteiger partial charge in [-0.1, -0.05) is 6.07 Å². The molecule has 4 aliphatic rings. The van der Waals surface area contributed by atoms with Gasteiger partial charge in [-0.3, -0.25) is 24.2 Å². The Balaban J connectivity index is 0.000000492. The van der Waals surface area contributed by atoms with Gasteiger partial charge in [0.2, 0.25) is 5.92 Å². The highest BCUT2D eigenvalue weighted by Crippen LogP contribution is 2.40. The maximum absolute atomic E-state index is 13.5. The van der Waals surface area contributed by atoms with Crippen LogP contribution in [0.5, 0.6) is 0 Å². The molecular formula is C24H35F2N3O5. The van der Waals surface area contributed by atoms with Gasteiger partial charge in [-0.15, -0.1) is 0 Å². The molecule has 1 aromatic heterocycles. The lowest BCUT2D eigenvalue weighted by Gasteiger charge is -2.47. The maximum atomic E-state index is 13.5.